The third-order valence-corrected chi connectivity index (χ3v) is 4.30. The van der Waals surface area contributed by atoms with Crippen molar-refractivity contribution in [3.8, 4) is 0 Å². The molecule has 1 fully saturated rings. The van der Waals surface area contributed by atoms with Crippen LogP contribution in [0.15, 0.2) is 18.2 Å². The Morgan fingerprint density at radius 1 is 1.26 bits per heavy atom. The molecule has 0 saturated carbocycles. The van der Waals surface area contributed by atoms with Gasteiger partial charge in [-0.3, -0.25) is 9.69 Å². The third-order valence-electron chi connectivity index (χ3n) is 3.56. The molecule has 0 spiro atoms. The first-order valence-corrected chi connectivity index (χ1v) is 7.18. The van der Waals surface area contributed by atoms with Crippen molar-refractivity contribution in [3.05, 3.63) is 33.8 Å². The van der Waals surface area contributed by atoms with E-state index in [4.69, 9.17) is 28.3 Å². The smallest absolute Gasteiger partial charge is 0.303 e. The van der Waals surface area contributed by atoms with E-state index in [0.717, 1.165) is 38.0 Å². The molecule has 1 N–H and O–H groups in total. The number of hydrogen-bond acceptors (Lipinski definition) is 2. The van der Waals surface area contributed by atoms with Crippen LogP contribution in [0.1, 0.15) is 24.8 Å². The van der Waals surface area contributed by atoms with Gasteiger partial charge >= 0.3 is 5.97 Å². The summed E-state index contributed by atoms with van der Waals surface area (Å²) >= 11 is 11.9. The fourth-order valence-corrected chi connectivity index (χ4v) is 2.81. The molecular weight excluding hydrogens is 285 g/mol. The van der Waals surface area contributed by atoms with Gasteiger partial charge in [0.2, 0.25) is 0 Å². The minimum atomic E-state index is -0.692. The van der Waals surface area contributed by atoms with E-state index in [9.17, 15) is 4.79 Å². The number of carboxylic acids is 1. The molecule has 1 saturated heterocycles. The standard InChI is InChI=1S/C14H17Cl2NO2/c15-12-2-1-11(7-13(12)16)9-17-5-3-10(4-6-17)8-14(18)19/h1-2,7,10H,3-6,8-9H2,(H,18,19). The lowest BCUT2D eigenvalue weighted by Gasteiger charge is -2.31. The van der Waals surface area contributed by atoms with Crippen molar-refractivity contribution in [1.29, 1.82) is 0 Å². The van der Waals surface area contributed by atoms with E-state index in [1.54, 1.807) is 0 Å². The Balaban J connectivity index is 1.85. The minimum absolute atomic E-state index is 0.292. The van der Waals surface area contributed by atoms with Gasteiger partial charge in [0.05, 0.1) is 10.0 Å². The van der Waals surface area contributed by atoms with Crippen molar-refractivity contribution < 1.29 is 9.90 Å². The molecule has 3 nitrogen and oxygen atoms in total. The molecule has 0 aromatic heterocycles. The monoisotopic (exact) mass is 301 g/mol. The second-order valence-electron chi connectivity index (χ2n) is 5.07. The number of benzene rings is 1. The Bertz CT molecular complexity index is 457. The second-order valence-corrected chi connectivity index (χ2v) is 5.88. The molecule has 2 rings (SSSR count). The predicted octanol–water partition coefficient (Wildman–Crippen LogP) is 3.68. The lowest BCUT2D eigenvalue weighted by molar-refractivity contribution is -0.138. The van der Waals surface area contributed by atoms with Gasteiger partial charge in [-0.15, -0.1) is 0 Å². The highest BCUT2D eigenvalue weighted by Crippen LogP contribution is 2.25. The molecule has 0 radical (unpaired) electrons. The van der Waals surface area contributed by atoms with E-state index in [0.29, 0.717) is 22.4 Å². The summed E-state index contributed by atoms with van der Waals surface area (Å²) in [5, 5.41) is 9.94. The summed E-state index contributed by atoms with van der Waals surface area (Å²) in [6.07, 6.45) is 2.20. The Kier molecular flexibility index (Phi) is 5.08. The van der Waals surface area contributed by atoms with Crippen LogP contribution >= 0.6 is 23.2 Å². The first-order chi connectivity index (χ1) is 9.04. The number of carboxylic acid groups (broad SMARTS) is 1. The van der Waals surface area contributed by atoms with Gasteiger partial charge in [-0.1, -0.05) is 29.3 Å². The van der Waals surface area contributed by atoms with Gasteiger partial charge in [0.25, 0.3) is 0 Å². The number of piperidine rings is 1. The van der Waals surface area contributed by atoms with Gasteiger partial charge in [-0.2, -0.15) is 0 Å². The maximum atomic E-state index is 10.7. The van der Waals surface area contributed by atoms with Gasteiger partial charge in [-0.05, 0) is 49.5 Å². The number of aliphatic carboxylic acids is 1. The predicted molar refractivity (Wildman–Crippen MR) is 76.7 cm³/mol. The van der Waals surface area contributed by atoms with Crippen molar-refractivity contribution in [1.82, 2.24) is 4.90 Å². The molecule has 1 aromatic carbocycles. The first kappa shape index (κ1) is 14.6. The number of carbonyl (C=O) groups is 1. The van der Waals surface area contributed by atoms with Crippen molar-refractivity contribution in [2.45, 2.75) is 25.8 Å². The van der Waals surface area contributed by atoms with Crippen LogP contribution in [0, 0.1) is 5.92 Å². The van der Waals surface area contributed by atoms with Crippen molar-refractivity contribution >= 4 is 29.2 Å². The van der Waals surface area contributed by atoms with Crippen LogP contribution < -0.4 is 0 Å². The van der Waals surface area contributed by atoms with Crippen LogP contribution in [0.5, 0.6) is 0 Å². The molecule has 1 aromatic rings. The SMILES string of the molecule is O=C(O)CC1CCN(Cc2ccc(Cl)c(Cl)c2)CC1. The summed E-state index contributed by atoms with van der Waals surface area (Å²) in [7, 11) is 0. The van der Waals surface area contributed by atoms with Crippen LogP contribution in [0.2, 0.25) is 10.0 Å². The molecule has 0 bridgehead atoms. The summed E-state index contributed by atoms with van der Waals surface area (Å²) < 4.78 is 0. The molecule has 0 aliphatic carbocycles. The zero-order chi connectivity index (χ0) is 13.8. The van der Waals surface area contributed by atoms with E-state index in [1.165, 1.54) is 0 Å². The highest BCUT2D eigenvalue weighted by Gasteiger charge is 2.21. The fourth-order valence-electron chi connectivity index (χ4n) is 2.49. The molecule has 0 unspecified atom stereocenters. The van der Waals surface area contributed by atoms with Crippen LogP contribution in [-0.2, 0) is 11.3 Å². The van der Waals surface area contributed by atoms with Gasteiger partial charge in [0.15, 0.2) is 0 Å². The van der Waals surface area contributed by atoms with Gasteiger partial charge < -0.3 is 5.11 Å². The third kappa shape index (κ3) is 4.37. The summed E-state index contributed by atoms with van der Waals surface area (Å²) in [6.45, 7) is 2.73. The number of nitrogens with zero attached hydrogens (tertiary/aromatic N) is 1. The highest BCUT2D eigenvalue weighted by molar-refractivity contribution is 6.42. The van der Waals surface area contributed by atoms with E-state index in [-0.39, 0.29) is 0 Å². The van der Waals surface area contributed by atoms with Crippen molar-refractivity contribution in [2.24, 2.45) is 5.92 Å². The molecule has 1 heterocycles. The maximum Gasteiger partial charge on any atom is 0.303 e. The summed E-state index contributed by atoms with van der Waals surface area (Å²) in [5.41, 5.74) is 1.14. The first-order valence-electron chi connectivity index (χ1n) is 6.42. The van der Waals surface area contributed by atoms with Gasteiger partial charge in [0, 0.05) is 13.0 Å². The number of rotatable bonds is 4. The number of likely N-dealkylation sites (tertiary alicyclic amines) is 1. The Morgan fingerprint density at radius 2 is 1.95 bits per heavy atom. The molecule has 0 atom stereocenters. The van der Waals surface area contributed by atoms with Crippen molar-refractivity contribution in [2.75, 3.05) is 13.1 Å². The van der Waals surface area contributed by atoms with E-state index in [2.05, 4.69) is 4.90 Å². The fraction of sp³-hybridized carbons (Fsp3) is 0.500. The van der Waals surface area contributed by atoms with Crippen LogP contribution in [-0.4, -0.2) is 29.1 Å². The average Bonchev–Trinajstić information content (AvgIpc) is 2.36. The summed E-state index contributed by atoms with van der Waals surface area (Å²) in [6, 6.07) is 5.70. The van der Waals surface area contributed by atoms with Crippen LogP contribution in [0.25, 0.3) is 0 Å². The largest absolute Gasteiger partial charge is 0.481 e. The quantitative estimate of drug-likeness (QED) is 0.922. The summed E-state index contributed by atoms with van der Waals surface area (Å²) in [4.78, 5) is 13.0. The Morgan fingerprint density at radius 3 is 2.53 bits per heavy atom. The molecule has 104 valence electrons. The molecule has 1 aliphatic rings. The van der Waals surface area contributed by atoms with Gasteiger partial charge in [-0.25, -0.2) is 0 Å². The maximum absolute atomic E-state index is 10.7. The lowest BCUT2D eigenvalue weighted by atomic mass is 9.93. The summed E-state index contributed by atoms with van der Waals surface area (Å²) in [5.74, 6) is -0.370. The number of hydrogen-bond donors (Lipinski definition) is 1. The van der Waals surface area contributed by atoms with Gasteiger partial charge in [0.1, 0.15) is 0 Å². The zero-order valence-electron chi connectivity index (χ0n) is 10.6. The second kappa shape index (κ2) is 6.60. The van der Waals surface area contributed by atoms with Crippen LogP contribution in [0.3, 0.4) is 0 Å². The van der Waals surface area contributed by atoms with E-state index in [1.807, 2.05) is 18.2 Å². The Labute approximate surface area is 123 Å². The van der Waals surface area contributed by atoms with Crippen LogP contribution in [0.4, 0.5) is 0 Å². The normalized spacial score (nSPS) is 17.6. The molecule has 1 aliphatic heterocycles. The molecule has 19 heavy (non-hydrogen) atoms. The molecule has 0 amide bonds. The Hall–Kier alpha value is -0.770. The molecule has 5 heteroatoms. The minimum Gasteiger partial charge on any atom is -0.481 e. The van der Waals surface area contributed by atoms with Crippen molar-refractivity contribution in [3.63, 3.8) is 0 Å². The molecular formula is C14H17Cl2NO2. The average molecular weight is 302 g/mol. The zero-order valence-corrected chi connectivity index (χ0v) is 12.1. The van der Waals surface area contributed by atoms with E-state index < -0.39 is 5.97 Å². The lowest BCUT2D eigenvalue weighted by Crippen LogP contribution is -2.33. The highest BCUT2D eigenvalue weighted by atomic mass is 35.5. The van der Waals surface area contributed by atoms with E-state index >= 15 is 0 Å². The topological polar surface area (TPSA) is 40.5 Å². The number of halogens is 2.